The van der Waals surface area contributed by atoms with Crippen LogP contribution in [0.1, 0.15) is 115 Å². The molecule has 3 fully saturated rings. The van der Waals surface area contributed by atoms with Gasteiger partial charge in [-0.1, -0.05) is 62.8 Å². The lowest BCUT2D eigenvalue weighted by atomic mass is 9.79. The predicted molar refractivity (Wildman–Crippen MR) is 133 cm³/mol. The molecule has 0 unspecified atom stereocenters. The van der Waals surface area contributed by atoms with Gasteiger partial charge in [-0.3, -0.25) is 0 Å². The maximum atomic E-state index is 6.23. The van der Waals surface area contributed by atoms with E-state index in [9.17, 15) is 0 Å². The molecule has 1 aliphatic heterocycles. The summed E-state index contributed by atoms with van der Waals surface area (Å²) in [6, 6.07) is 8.43. The van der Waals surface area contributed by atoms with Gasteiger partial charge in [0.25, 0.3) is 0 Å². The van der Waals surface area contributed by atoms with Gasteiger partial charge < -0.3 is 9.31 Å². The minimum atomic E-state index is -0.349. The van der Waals surface area contributed by atoms with E-state index in [1.165, 1.54) is 64.2 Å². The lowest BCUT2D eigenvalue weighted by Gasteiger charge is -2.32. The van der Waals surface area contributed by atoms with Gasteiger partial charge in [-0.2, -0.15) is 0 Å². The molecule has 33 heavy (non-hydrogen) atoms. The van der Waals surface area contributed by atoms with E-state index >= 15 is 0 Å². The largest absolute Gasteiger partial charge is 0.494 e. The summed E-state index contributed by atoms with van der Waals surface area (Å²) in [7, 11) is -0.349. The molecular weight excluding hydrogens is 409 g/mol. The molecule has 5 rings (SSSR count). The van der Waals surface area contributed by atoms with Crippen molar-refractivity contribution in [2.45, 2.75) is 115 Å². The van der Waals surface area contributed by atoms with E-state index in [-0.39, 0.29) is 18.3 Å². The Hall–Kier alpha value is -1.79. The maximum absolute atomic E-state index is 6.23. The smallest absolute Gasteiger partial charge is 0.399 e. The van der Waals surface area contributed by atoms with Crippen LogP contribution in [-0.2, 0) is 9.31 Å². The summed E-state index contributed by atoms with van der Waals surface area (Å²) in [5.41, 5.74) is 1.40. The zero-order valence-corrected chi connectivity index (χ0v) is 20.8. The minimum Gasteiger partial charge on any atom is -0.399 e. The molecule has 2 heterocycles. The Morgan fingerprint density at radius 2 is 1.12 bits per heavy atom. The fourth-order valence-electron chi connectivity index (χ4n) is 5.39. The highest BCUT2D eigenvalue weighted by atomic mass is 16.7. The number of hydrogen-bond acceptors (Lipinski definition) is 5. The predicted octanol–water partition coefficient (Wildman–Crippen LogP) is 5.93. The van der Waals surface area contributed by atoms with Gasteiger partial charge in [-0.25, -0.2) is 15.0 Å². The second kappa shape index (κ2) is 9.11. The SMILES string of the molecule is CC1(C)OB(c2ccc(-c3nc(C4CCCCC4)nc(C4CCCCC4)n3)cc2)OC1(C)C. The lowest BCUT2D eigenvalue weighted by Crippen LogP contribution is -2.41. The molecule has 1 aromatic heterocycles. The summed E-state index contributed by atoms with van der Waals surface area (Å²) in [5, 5.41) is 0. The van der Waals surface area contributed by atoms with Crippen molar-refractivity contribution in [3.05, 3.63) is 35.9 Å². The van der Waals surface area contributed by atoms with Crippen LogP contribution in [-0.4, -0.2) is 33.3 Å². The summed E-state index contributed by atoms with van der Waals surface area (Å²) >= 11 is 0. The molecule has 6 heteroatoms. The molecule has 2 aliphatic carbocycles. The first-order chi connectivity index (χ1) is 15.8. The molecule has 1 saturated heterocycles. The first-order valence-corrected chi connectivity index (χ1v) is 13.0. The Labute approximate surface area is 199 Å². The van der Waals surface area contributed by atoms with Crippen molar-refractivity contribution in [1.29, 1.82) is 0 Å². The molecule has 0 radical (unpaired) electrons. The van der Waals surface area contributed by atoms with Crippen molar-refractivity contribution in [3.63, 3.8) is 0 Å². The van der Waals surface area contributed by atoms with E-state index in [2.05, 4.69) is 52.0 Å². The van der Waals surface area contributed by atoms with Crippen LogP contribution in [0.25, 0.3) is 11.4 Å². The third kappa shape index (κ3) is 4.74. The van der Waals surface area contributed by atoms with Gasteiger partial charge in [0.1, 0.15) is 11.6 Å². The molecule has 2 saturated carbocycles. The minimum absolute atomic E-state index is 0.339. The zero-order chi connectivity index (χ0) is 23.1. The molecule has 0 atom stereocenters. The summed E-state index contributed by atoms with van der Waals surface area (Å²) < 4.78 is 12.5. The van der Waals surface area contributed by atoms with Crippen LogP contribution >= 0.6 is 0 Å². The highest BCUT2D eigenvalue weighted by Gasteiger charge is 2.51. The van der Waals surface area contributed by atoms with Crippen molar-refractivity contribution < 1.29 is 9.31 Å². The molecule has 2 aromatic rings. The van der Waals surface area contributed by atoms with Crippen LogP contribution in [0, 0.1) is 0 Å². The van der Waals surface area contributed by atoms with Gasteiger partial charge in [0.05, 0.1) is 11.2 Å². The van der Waals surface area contributed by atoms with Crippen LogP contribution in [0.15, 0.2) is 24.3 Å². The maximum Gasteiger partial charge on any atom is 0.494 e. The first kappa shape index (κ1) is 23.0. The van der Waals surface area contributed by atoms with Crippen LogP contribution in [0.4, 0.5) is 0 Å². The van der Waals surface area contributed by atoms with E-state index < -0.39 is 0 Å². The van der Waals surface area contributed by atoms with E-state index in [4.69, 9.17) is 24.3 Å². The Morgan fingerprint density at radius 3 is 1.58 bits per heavy atom. The van der Waals surface area contributed by atoms with Crippen molar-refractivity contribution >= 4 is 12.6 Å². The van der Waals surface area contributed by atoms with Crippen LogP contribution < -0.4 is 5.46 Å². The van der Waals surface area contributed by atoms with Gasteiger partial charge in [0.15, 0.2) is 5.82 Å². The van der Waals surface area contributed by atoms with E-state index in [1.807, 2.05) is 0 Å². The second-order valence-electron chi connectivity index (χ2n) is 11.3. The van der Waals surface area contributed by atoms with Crippen molar-refractivity contribution in [3.8, 4) is 11.4 Å². The third-order valence-corrected chi connectivity index (χ3v) is 8.30. The van der Waals surface area contributed by atoms with E-state index in [1.54, 1.807) is 0 Å². The summed E-state index contributed by atoms with van der Waals surface area (Å²) in [6.07, 6.45) is 12.6. The second-order valence-corrected chi connectivity index (χ2v) is 11.3. The third-order valence-electron chi connectivity index (χ3n) is 8.30. The molecule has 0 spiro atoms. The van der Waals surface area contributed by atoms with Gasteiger partial charge in [0.2, 0.25) is 0 Å². The van der Waals surface area contributed by atoms with Crippen LogP contribution in [0.5, 0.6) is 0 Å². The normalized spacial score (nSPS) is 23.7. The standard InChI is InChI=1S/C27H38BN3O2/c1-26(2)27(3,4)33-28(32-26)22-17-15-21(16-18-22)25-30-23(19-11-7-5-8-12-19)29-24(31-25)20-13-9-6-10-14-20/h15-20H,5-14H2,1-4H3. The first-order valence-electron chi connectivity index (χ1n) is 13.0. The number of aromatic nitrogens is 3. The Kier molecular flexibility index (Phi) is 6.34. The molecule has 0 amide bonds. The van der Waals surface area contributed by atoms with Crippen molar-refractivity contribution in [2.24, 2.45) is 0 Å². The Morgan fingerprint density at radius 1 is 0.667 bits per heavy atom. The topological polar surface area (TPSA) is 57.1 Å². The van der Waals surface area contributed by atoms with Gasteiger partial charge in [-0.15, -0.1) is 0 Å². The fraction of sp³-hybridized carbons (Fsp3) is 0.667. The molecule has 1 aromatic carbocycles. The number of rotatable bonds is 4. The lowest BCUT2D eigenvalue weighted by molar-refractivity contribution is 0.00578. The average Bonchev–Trinajstić information content (AvgIpc) is 3.07. The van der Waals surface area contributed by atoms with E-state index in [0.29, 0.717) is 11.8 Å². The summed E-state index contributed by atoms with van der Waals surface area (Å²) in [5.74, 6) is 3.83. The van der Waals surface area contributed by atoms with E-state index in [0.717, 1.165) is 28.5 Å². The highest BCUT2D eigenvalue weighted by Crippen LogP contribution is 2.37. The molecule has 0 N–H and O–H groups in total. The summed E-state index contributed by atoms with van der Waals surface area (Å²) in [4.78, 5) is 15.1. The van der Waals surface area contributed by atoms with Crippen molar-refractivity contribution in [2.75, 3.05) is 0 Å². The van der Waals surface area contributed by atoms with Gasteiger partial charge >= 0.3 is 7.12 Å². The van der Waals surface area contributed by atoms with Gasteiger partial charge in [0, 0.05) is 17.4 Å². The fourth-order valence-corrected chi connectivity index (χ4v) is 5.39. The van der Waals surface area contributed by atoms with Gasteiger partial charge in [-0.05, 0) is 58.8 Å². The number of benzene rings is 1. The monoisotopic (exact) mass is 447 g/mol. The number of hydrogen-bond donors (Lipinski definition) is 0. The molecule has 176 valence electrons. The highest BCUT2D eigenvalue weighted by molar-refractivity contribution is 6.62. The zero-order valence-electron chi connectivity index (χ0n) is 20.8. The molecule has 0 bridgehead atoms. The van der Waals surface area contributed by atoms with Crippen LogP contribution in [0.2, 0.25) is 0 Å². The number of nitrogens with zero attached hydrogens (tertiary/aromatic N) is 3. The Balaban J connectivity index is 1.44. The quantitative estimate of drug-likeness (QED) is 0.544. The van der Waals surface area contributed by atoms with Crippen LogP contribution in [0.3, 0.4) is 0 Å². The molecular formula is C27H38BN3O2. The van der Waals surface area contributed by atoms with Crippen molar-refractivity contribution in [1.82, 2.24) is 15.0 Å². The molecule has 5 nitrogen and oxygen atoms in total. The Bertz CT molecular complexity index is 912. The molecule has 3 aliphatic rings. The average molecular weight is 447 g/mol. The summed E-state index contributed by atoms with van der Waals surface area (Å²) in [6.45, 7) is 8.36.